The Labute approximate surface area is 146 Å². The van der Waals surface area contributed by atoms with Crippen molar-refractivity contribution in [3.63, 3.8) is 0 Å². The number of hydrogen-bond acceptors (Lipinski definition) is 1. The summed E-state index contributed by atoms with van der Waals surface area (Å²) >= 11 is 5.95. The zero-order valence-electron chi connectivity index (χ0n) is 13.3. The second kappa shape index (κ2) is 7.67. The van der Waals surface area contributed by atoms with E-state index in [1.165, 1.54) is 17.7 Å². The Bertz CT molecular complexity index is 680. The maximum Gasteiger partial charge on any atom is 0.321 e. The number of benzene rings is 2. The second-order valence-electron chi connectivity index (χ2n) is 6.15. The number of para-hydroxylation sites is 1. The van der Waals surface area contributed by atoms with Crippen LogP contribution in [0.15, 0.2) is 48.5 Å². The summed E-state index contributed by atoms with van der Waals surface area (Å²) in [4.78, 5) is 14.1. The molecule has 1 N–H and O–H groups in total. The van der Waals surface area contributed by atoms with Crippen molar-refractivity contribution < 1.29 is 9.18 Å². The van der Waals surface area contributed by atoms with Crippen LogP contribution in [0.4, 0.5) is 14.9 Å². The van der Waals surface area contributed by atoms with E-state index in [0.29, 0.717) is 19.0 Å². The van der Waals surface area contributed by atoms with Gasteiger partial charge < -0.3 is 10.2 Å². The van der Waals surface area contributed by atoms with Crippen molar-refractivity contribution in [2.24, 2.45) is 5.92 Å². The third-order valence-electron chi connectivity index (χ3n) is 4.46. The molecule has 0 unspecified atom stereocenters. The first kappa shape index (κ1) is 16.8. The van der Waals surface area contributed by atoms with Crippen molar-refractivity contribution in [3.8, 4) is 0 Å². The summed E-state index contributed by atoms with van der Waals surface area (Å²) in [6.45, 7) is 1.35. The van der Waals surface area contributed by atoms with Crippen molar-refractivity contribution in [3.05, 3.63) is 64.9 Å². The van der Waals surface area contributed by atoms with Crippen molar-refractivity contribution in [1.82, 2.24) is 4.90 Å². The number of halogens is 2. The van der Waals surface area contributed by atoms with Gasteiger partial charge in [-0.05, 0) is 42.9 Å². The predicted octanol–water partition coefficient (Wildman–Crippen LogP) is 4.97. The van der Waals surface area contributed by atoms with E-state index in [1.54, 1.807) is 11.0 Å². The maximum atomic E-state index is 13.8. The van der Waals surface area contributed by atoms with E-state index in [9.17, 15) is 9.18 Å². The zero-order chi connectivity index (χ0) is 16.9. The molecule has 2 aromatic carbocycles. The fourth-order valence-electron chi connectivity index (χ4n) is 3.09. The van der Waals surface area contributed by atoms with Gasteiger partial charge in [0.15, 0.2) is 0 Å². The number of carbonyl (C=O) groups excluding carboxylic acids is 1. The number of amides is 2. The van der Waals surface area contributed by atoms with E-state index in [4.69, 9.17) is 11.6 Å². The standard InChI is InChI=1S/C19H20ClFN2O/c20-16-7-4-8-17(21)18(16)22-19(24)23-11-9-15(10-12-23)13-14-5-2-1-3-6-14/h1-8,15H,9-13H2,(H,22,24). The molecule has 3 nitrogen and oxygen atoms in total. The molecule has 0 aliphatic carbocycles. The van der Waals surface area contributed by atoms with Gasteiger partial charge in [-0.15, -0.1) is 0 Å². The lowest BCUT2D eigenvalue weighted by Crippen LogP contribution is -2.41. The van der Waals surface area contributed by atoms with Gasteiger partial charge in [0, 0.05) is 13.1 Å². The number of carbonyl (C=O) groups is 1. The second-order valence-corrected chi connectivity index (χ2v) is 6.55. The first-order valence-electron chi connectivity index (χ1n) is 8.17. The van der Waals surface area contributed by atoms with E-state index in [2.05, 4.69) is 29.6 Å². The van der Waals surface area contributed by atoms with Crippen LogP contribution in [-0.4, -0.2) is 24.0 Å². The van der Waals surface area contributed by atoms with E-state index < -0.39 is 5.82 Å². The molecule has 1 aliphatic rings. The lowest BCUT2D eigenvalue weighted by atomic mass is 9.90. The van der Waals surface area contributed by atoms with Gasteiger partial charge in [-0.25, -0.2) is 9.18 Å². The number of urea groups is 1. The third-order valence-corrected chi connectivity index (χ3v) is 4.78. The van der Waals surface area contributed by atoms with Gasteiger partial charge in [-0.2, -0.15) is 0 Å². The van der Waals surface area contributed by atoms with Crippen LogP contribution in [0, 0.1) is 11.7 Å². The summed E-state index contributed by atoms with van der Waals surface area (Å²) in [5.74, 6) is 0.0586. The topological polar surface area (TPSA) is 32.3 Å². The van der Waals surface area contributed by atoms with E-state index >= 15 is 0 Å². The minimum absolute atomic E-state index is 0.0515. The Balaban J connectivity index is 1.54. The molecule has 24 heavy (non-hydrogen) atoms. The van der Waals surface area contributed by atoms with Crippen molar-refractivity contribution in [1.29, 1.82) is 0 Å². The first-order chi connectivity index (χ1) is 11.6. The number of anilines is 1. The highest BCUT2D eigenvalue weighted by Crippen LogP contribution is 2.26. The SMILES string of the molecule is O=C(Nc1c(F)cccc1Cl)N1CCC(Cc2ccccc2)CC1. The molecule has 1 fully saturated rings. The molecule has 0 atom stereocenters. The maximum absolute atomic E-state index is 13.8. The minimum atomic E-state index is -0.519. The van der Waals surface area contributed by atoms with Gasteiger partial charge in [0.05, 0.1) is 10.7 Å². The summed E-state index contributed by atoms with van der Waals surface area (Å²) in [6, 6.07) is 14.5. The van der Waals surface area contributed by atoms with Gasteiger partial charge in [0.2, 0.25) is 0 Å². The predicted molar refractivity (Wildman–Crippen MR) is 94.9 cm³/mol. The van der Waals surface area contributed by atoms with Crippen LogP contribution in [0.1, 0.15) is 18.4 Å². The number of nitrogens with zero attached hydrogens (tertiary/aromatic N) is 1. The van der Waals surface area contributed by atoms with E-state index in [1.807, 2.05) is 6.07 Å². The Kier molecular flexibility index (Phi) is 5.36. The Hall–Kier alpha value is -2.07. The fourth-order valence-corrected chi connectivity index (χ4v) is 3.30. The summed E-state index contributed by atoms with van der Waals surface area (Å²) in [6.07, 6.45) is 2.94. The minimum Gasteiger partial charge on any atom is -0.325 e. The molecule has 3 rings (SSSR count). The molecule has 126 valence electrons. The fraction of sp³-hybridized carbons (Fsp3) is 0.316. The van der Waals surface area contributed by atoms with Crippen LogP contribution in [0.2, 0.25) is 5.02 Å². The average Bonchev–Trinajstić information content (AvgIpc) is 2.60. The average molecular weight is 347 g/mol. The molecule has 0 radical (unpaired) electrons. The number of rotatable bonds is 3. The van der Waals surface area contributed by atoms with Crippen LogP contribution < -0.4 is 5.32 Å². The number of likely N-dealkylation sites (tertiary alicyclic amines) is 1. The zero-order valence-corrected chi connectivity index (χ0v) is 14.1. The summed E-state index contributed by atoms with van der Waals surface area (Å²) < 4.78 is 13.8. The molecule has 1 aliphatic heterocycles. The molecule has 2 aromatic rings. The number of hydrogen-bond donors (Lipinski definition) is 1. The third kappa shape index (κ3) is 4.06. The molecule has 1 saturated heterocycles. The van der Waals surface area contributed by atoms with Crippen molar-refractivity contribution >= 4 is 23.3 Å². The lowest BCUT2D eigenvalue weighted by Gasteiger charge is -2.32. The molecule has 5 heteroatoms. The highest BCUT2D eigenvalue weighted by Gasteiger charge is 2.24. The van der Waals surface area contributed by atoms with Crippen LogP contribution in [0.25, 0.3) is 0 Å². The van der Waals surface area contributed by atoms with Crippen molar-refractivity contribution in [2.45, 2.75) is 19.3 Å². The van der Waals surface area contributed by atoms with Gasteiger partial charge in [0.25, 0.3) is 0 Å². The number of piperidine rings is 1. The van der Waals surface area contributed by atoms with Crippen LogP contribution in [0.3, 0.4) is 0 Å². The largest absolute Gasteiger partial charge is 0.325 e. The Morgan fingerprint density at radius 2 is 1.83 bits per heavy atom. The summed E-state index contributed by atoms with van der Waals surface area (Å²) in [5, 5.41) is 2.80. The number of nitrogens with one attached hydrogen (secondary N) is 1. The Morgan fingerprint density at radius 1 is 1.12 bits per heavy atom. The normalized spacial score (nSPS) is 15.3. The van der Waals surface area contributed by atoms with Crippen LogP contribution >= 0.6 is 11.6 Å². The molecule has 0 aromatic heterocycles. The Morgan fingerprint density at radius 3 is 2.50 bits per heavy atom. The van der Waals surface area contributed by atoms with Gasteiger partial charge in [0.1, 0.15) is 5.82 Å². The van der Waals surface area contributed by atoms with E-state index in [0.717, 1.165) is 19.3 Å². The summed E-state index contributed by atoms with van der Waals surface area (Å²) in [5.41, 5.74) is 1.38. The quantitative estimate of drug-likeness (QED) is 0.836. The highest BCUT2D eigenvalue weighted by atomic mass is 35.5. The van der Waals surface area contributed by atoms with Crippen molar-refractivity contribution in [2.75, 3.05) is 18.4 Å². The lowest BCUT2D eigenvalue weighted by molar-refractivity contribution is 0.182. The monoisotopic (exact) mass is 346 g/mol. The van der Waals surface area contributed by atoms with Crippen LogP contribution in [-0.2, 0) is 6.42 Å². The molecule has 0 bridgehead atoms. The van der Waals surface area contributed by atoms with Gasteiger partial charge >= 0.3 is 6.03 Å². The molecule has 2 amide bonds. The molecule has 1 heterocycles. The molecular weight excluding hydrogens is 327 g/mol. The first-order valence-corrected chi connectivity index (χ1v) is 8.55. The molecule has 0 spiro atoms. The molecular formula is C19H20ClFN2O. The van der Waals surface area contributed by atoms with Gasteiger partial charge in [-0.1, -0.05) is 48.0 Å². The molecule has 0 saturated carbocycles. The summed E-state index contributed by atoms with van der Waals surface area (Å²) in [7, 11) is 0. The van der Waals surface area contributed by atoms with Gasteiger partial charge in [-0.3, -0.25) is 0 Å². The highest BCUT2D eigenvalue weighted by molar-refractivity contribution is 6.33. The smallest absolute Gasteiger partial charge is 0.321 e. The van der Waals surface area contributed by atoms with E-state index in [-0.39, 0.29) is 16.7 Å². The van der Waals surface area contributed by atoms with Crippen LogP contribution in [0.5, 0.6) is 0 Å².